The molecule has 1 aromatic carbocycles. The molecule has 0 spiro atoms. The Morgan fingerprint density at radius 2 is 2.00 bits per heavy atom. The number of hydrogen-bond donors (Lipinski definition) is 3. The third-order valence-corrected chi connectivity index (χ3v) is 6.89. The second kappa shape index (κ2) is 11.9. The first-order valence-corrected chi connectivity index (χ1v) is 12.8. The third-order valence-electron chi connectivity index (χ3n) is 5.81. The lowest BCUT2D eigenvalue weighted by atomic mass is 10.0. The van der Waals surface area contributed by atoms with Crippen LogP contribution in [-0.2, 0) is 4.79 Å². The molecule has 8 nitrogen and oxygen atoms in total. The molecule has 2 aromatic rings. The highest BCUT2D eigenvalue weighted by molar-refractivity contribution is 7.20. The second-order valence-electron chi connectivity index (χ2n) is 8.32. The van der Waals surface area contributed by atoms with E-state index in [0.29, 0.717) is 49.1 Å². The number of hydrogen-bond acceptors (Lipinski definition) is 7. The molecule has 2 aliphatic heterocycles. The predicted molar refractivity (Wildman–Crippen MR) is 133 cm³/mol. The lowest BCUT2D eigenvalue weighted by molar-refractivity contribution is -0.116. The first kappa shape index (κ1) is 24.1. The van der Waals surface area contributed by atoms with Crippen LogP contribution in [0.25, 0.3) is 0 Å². The van der Waals surface area contributed by atoms with E-state index in [4.69, 9.17) is 9.47 Å². The number of rotatable bonds is 11. The van der Waals surface area contributed by atoms with Gasteiger partial charge in [0.05, 0.1) is 12.1 Å². The van der Waals surface area contributed by atoms with E-state index < -0.39 is 6.10 Å². The van der Waals surface area contributed by atoms with Gasteiger partial charge in [0.1, 0.15) is 13.2 Å². The summed E-state index contributed by atoms with van der Waals surface area (Å²) in [7, 11) is 3.69. The van der Waals surface area contributed by atoms with Crippen molar-refractivity contribution in [2.45, 2.75) is 44.2 Å². The summed E-state index contributed by atoms with van der Waals surface area (Å²) >= 11 is 1.40. The van der Waals surface area contributed by atoms with Gasteiger partial charge in [-0.15, -0.1) is 20.2 Å². The Morgan fingerprint density at radius 3 is 2.76 bits per heavy atom. The van der Waals surface area contributed by atoms with Crippen molar-refractivity contribution in [2.24, 2.45) is 0 Å². The number of ether oxygens (including phenoxy) is 2. The van der Waals surface area contributed by atoms with Gasteiger partial charge in [0.25, 0.3) is 0 Å². The first-order valence-electron chi connectivity index (χ1n) is 11.4. The summed E-state index contributed by atoms with van der Waals surface area (Å²) < 4.78 is 11.3. The van der Waals surface area contributed by atoms with Crippen molar-refractivity contribution in [1.29, 1.82) is 0 Å². The number of anilines is 1. The van der Waals surface area contributed by atoms with Crippen LogP contribution >= 0.6 is 20.2 Å². The van der Waals surface area contributed by atoms with Crippen LogP contribution in [0.4, 0.5) is 5.13 Å². The molecule has 4 rings (SSSR count). The number of nitrogens with zero attached hydrogens (tertiary/aromatic N) is 2. The Labute approximate surface area is 200 Å². The fourth-order valence-corrected chi connectivity index (χ4v) is 5.04. The van der Waals surface area contributed by atoms with Crippen LogP contribution in [0.2, 0.25) is 0 Å². The third kappa shape index (κ3) is 6.98. The summed E-state index contributed by atoms with van der Waals surface area (Å²) in [6.45, 7) is 3.86. The number of benzene rings is 1. The van der Waals surface area contributed by atoms with Gasteiger partial charge in [0.2, 0.25) is 5.91 Å². The topological polar surface area (TPSA) is 96.0 Å². The van der Waals surface area contributed by atoms with Crippen molar-refractivity contribution in [1.82, 2.24) is 15.2 Å². The van der Waals surface area contributed by atoms with Gasteiger partial charge in [-0.2, -0.15) is 0 Å². The molecule has 0 saturated carbocycles. The summed E-state index contributed by atoms with van der Waals surface area (Å²) in [6, 6.07) is 5.42. The van der Waals surface area contributed by atoms with Gasteiger partial charge >= 0.3 is 0 Å². The van der Waals surface area contributed by atoms with E-state index in [0.717, 1.165) is 30.6 Å². The molecule has 0 radical (unpaired) electrons. The standard InChI is InChI=1S/C23H31N4O4PS/c28-20(26-23-24-8-13-33-23)4-3-5-21(32)25-17(15-27-9-1-2-10-27)22(29)16-6-7-18-19(14-16)31-12-11-30-18/h6-8,13-14,17,22,25,29,32H,1-5,9-12,15H2,(H,24,26,28)/t17-,22-/m1/s1. The fraction of sp³-hybridized carbons (Fsp3) is 0.522. The van der Waals surface area contributed by atoms with Crippen molar-refractivity contribution >= 4 is 36.7 Å². The molecule has 2 atom stereocenters. The monoisotopic (exact) mass is 490 g/mol. The van der Waals surface area contributed by atoms with Gasteiger partial charge in [-0.3, -0.25) is 10.1 Å². The van der Waals surface area contributed by atoms with Gasteiger partial charge in [-0.05, 0) is 56.5 Å². The maximum atomic E-state index is 12.1. The van der Waals surface area contributed by atoms with Crippen LogP contribution in [0.3, 0.4) is 0 Å². The SMILES string of the molecule is O=C(CCCC(=P)N[C@H](CN1CCCC1)[C@H](O)c1ccc2c(c1)OCCO2)Nc1nccs1. The number of aliphatic hydroxyl groups excluding tert-OH is 1. The van der Waals surface area contributed by atoms with E-state index >= 15 is 0 Å². The van der Waals surface area contributed by atoms with Gasteiger partial charge in [0, 0.05) is 30.0 Å². The minimum absolute atomic E-state index is 0.0469. The molecule has 1 fully saturated rings. The van der Waals surface area contributed by atoms with E-state index in [2.05, 4.69) is 29.4 Å². The van der Waals surface area contributed by atoms with E-state index in [-0.39, 0.29) is 11.9 Å². The molecular formula is C23H31N4O4PS. The zero-order valence-electron chi connectivity index (χ0n) is 18.6. The second-order valence-corrected chi connectivity index (χ2v) is 9.82. The van der Waals surface area contributed by atoms with Crippen LogP contribution < -0.4 is 20.1 Å². The number of carbonyl (C=O) groups is 1. The smallest absolute Gasteiger partial charge is 0.226 e. The van der Waals surface area contributed by atoms with Gasteiger partial charge in [-0.1, -0.05) is 6.07 Å². The van der Waals surface area contributed by atoms with Crippen LogP contribution in [0, 0.1) is 0 Å². The maximum absolute atomic E-state index is 12.1. The molecular weight excluding hydrogens is 459 g/mol. The molecule has 1 saturated heterocycles. The number of carbonyl (C=O) groups excluding carboxylic acids is 1. The van der Waals surface area contributed by atoms with Gasteiger partial charge in [0.15, 0.2) is 16.6 Å². The van der Waals surface area contributed by atoms with Crippen LogP contribution in [0.1, 0.15) is 43.8 Å². The summed E-state index contributed by atoms with van der Waals surface area (Å²) in [5.74, 6) is 1.34. The average Bonchev–Trinajstić information content (AvgIpc) is 3.52. The normalized spacial score (nSPS) is 17.5. The predicted octanol–water partition coefficient (Wildman–Crippen LogP) is 3.08. The first-order chi connectivity index (χ1) is 16.1. The molecule has 0 aliphatic carbocycles. The van der Waals surface area contributed by atoms with Crippen LogP contribution in [0.5, 0.6) is 11.5 Å². The number of thiazole rings is 1. The summed E-state index contributed by atoms with van der Waals surface area (Å²) in [4.78, 5) is 18.5. The molecule has 2 aliphatic rings. The molecule has 3 N–H and O–H groups in total. The van der Waals surface area contributed by atoms with E-state index in [1.807, 2.05) is 23.6 Å². The highest BCUT2D eigenvalue weighted by atomic mass is 32.1. The van der Waals surface area contributed by atoms with Crippen molar-refractivity contribution in [3.05, 3.63) is 35.3 Å². The number of aliphatic hydroxyl groups is 1. The Kier molecular flexibility index (Phi) is 8.69. The molecule has 0 bridgehead atoms. The van der Waals surface area contributed by atoms with E-state index in [9.17, 15) is 9.90 Å². The Balaban J connectivity index is 1.33. The summed E-state index contributed by atoms with van der Waals surface area (Å²) in [5, 5.41) is 20.0. The van der Waals surface area contributed by atoms with Gasteiger partial charge < -0.3 is 24.8 Å². The molecule has 3 heterocycles. The maximum Gasteiger partial charge on any atom is 0.226 e. The molecule has 10 heteroatoms. The number of likely N-dealkylation sites (tertiary alicyclic amines) is 1. The van der Waals surface area contributed by atoms with Crippen molar-refractivity contribution in [3.8, 4) is 11.5 Å². The minimum Gasteiger partial charge on any atom is -0.486 e. The zero-order valence-corrected chi connectivity index (χ0v) is 20.4. The fourth-order valence-electron chi connectivity index (χ4n) is 4.13. The number of nitrogens with one attached hydrogen (secondary N) is 2. The largest absolute Gasteiger partial charge is 0.486 e. The lowest BCUT2D eigenvalue weighted by Gasteiger charge is -2.30. The van der Waals surface area contributed by atoms with E-state index in [1.165, 1.54) is 24.2 Å². The van der Waals surface area contributed by atoms with Crippen molar-refractivity contribution < 1.29 is 19.4 Å². The highest BCUT2D eigenvalue weighted by Gasteiger charge is 2.27. The Bertz CT molecular complexity index is 937. The zero-order chi connectivity index (χ0) is 23.0. The minimum atomic E-state index is -0.721. The van der Waals surface area contributed by atoms with E-state index in [1.54, 1.807) is 6.20 Å². The van der Waals surface area contributed by atoms with Gasteiger partial charge in [-0.25, -0.2) is 4.98 Å². The molecule has 178 valence electrons. The summed E-state index contributed by atoms with van der Waals surface area (Å²) in [5.41, 5.74) is 1.66. The summed E-state index contributed by atoms with van der Waals surface area (Å²) in [6.07, 6.45) is 5.07. The van der Waals surface area contributed by atoms with Crippen LogP contribution in [-0.4, -0.2) is 65.2 Å². The highest BCUT2D eigenvalue weighted by Crippen LogP contribution is 2.33. The molecule has 33 heavy (non-hydrogen) atoms. The number of aromatic nitrogens is 1. The van der Waals surface area contributed by atoms with Crippen molar-refractivity contribution in [3.63, 3.8) is 0 Å². The quantitative estimate of drug-likeness (QED) is 0.417. The number of fused-ring (bicyclic) bond motifs is 1. The average molecular weight is 491 g/mol. The van der Waals surface area contributed by atoms with Crippen LogP contribution in [0.15, 0.2) is 29.8 Å². The number of amides is 1. The molecule has 1 amide bonds. The Hall–Kier alpha value is -2.03. The molecule has 0 unspecified atom stereocenters. The molecule has 1 aromatic heterocycles. The lowest BCUT2D eigenvalue weighted by Crippen LogP contribution is -2.46. The van der Waals surface area contributed by atoms with Crippen molar-refractivity contribution in [2.75, 3.05) is 38.2 Å². The Morgan fingerprint density at radius 1 is 1.21 bits per heavy atom.